The lowest BCUT2D eigenvalue weighted by Gasteiger charge is -2.37. The van der Waals surface area contributed by atoms with Crippen LogP contribution in [0.5, 0.6) is 5.75 Å². The molecule has 1 aromatic heterocycles. The number of nitrogens with zero attached hydrogens (tertiary/aromatic N) is 1. The van der Waals surface area contributed by atoms with Gasteiger partial charge >= 0.3 is 5.97 Å². The Kier molecular flexibility index (Phi) is 5.62. The zero-order valence-corrected chi connectivity index (χ0v) is 17.5. The van der Waals surface area contributed by atoms with Gasteiger partial charge in [0.25, 0.3) is 0 Å². The fourth-order valence-electron chi connectivity index (χ4n) is 3.99. The summed E-state index contributed by atoms with van der Waals surface area (Å²) in [5.41, 5.74) is 3.52. The third-order valence-electron chi connectivity index (χ3n) is 6.00. The van der Waals surface area contributed by atoms with Gasteiger partial charge in [-0.05, 0) is 62.9 Å². The molecule has 0 bridgehead atoms. The van der Waals surface area contributed by atoms with Crippen LogP contribution in [0.25, 0.3) is 11.5 Å². The molecule has 1 aliphatic rings. The van der Waals surface area contributed by atoms with Crippen LogP contribution in [0.1, 0.15) is 41.8 Å². The SMILES string of the molecule is Cc1cccc(-c2nc(CCOc3ccc(CC4(C(=O)O)CCC4)cc3)c(C)o2)c1. The summed E-state index contributed by atoms with van der Waals surface area (Å²) in [4.78, 5) is 16.2. The van der Waals surface area contributed by atoms with Crippen molar-refractivity contribution in [3.63, 3.8) is 0 Å². The van der Waals surface area contributed by atoms with E-state index in [2.05, 4.69) is 11.1 Å². The molecule has 0 atom stereocenters. The summed E-state index contributed by atoms with van der Waals surface area (Å²) >= 11 is 0. The number of aromatic nitrogens is 1. The lowest BCUT2D eigenvalue weighted by molar-refractivity contribution is -0.154. The summed E-state index contributed by atoms with van der Waals surface area (Å²) < 4.78 is 11.7. The fourth-order valence-corrected chi connectivity index (χ4v) is 3.99. The maximum Gasteiger partial charge on any atom is 0.309 e. The van der Waals surface area contributed by atoms with E-state index in [0.29, 0.717) is 25.3 Å². The van der Waals surface area contributed by atoms with Gasteiger partial charge in [-0.2, -0.15) is 0 Å². The maximum absolute atomic E-state index is 11.5. The Morgan fingerprint density at radius 2 is 1.93 bits per heavy atom. The summed E-state index contributed by atoms with van der Waals surface area (Å²) in [6, 6.07) is 15.9. The fraction of sp³-hybridized carbons (Fsp3) is 0.360. The van der Waals surface area contributed by atoms with Gasteiger partial charge in [0.05, 0.1) is 17.7 Å². The molecule has 0 unspecified atom stereocenters. The predicted octanol–water partition coefficient (Wildman–Crippen LogP) is 5.38. The number of carboxylic acid groups (broad SMARTS) is 1. The molecule has 1 N–H and O–H groups in total. The Morgan fingerprint density at radius 1 is 1.17 bits per heavy atom. The van der Waals surface area contributed by atoms with E-state index in [-0.39, 0.29) is 0 Å². The molecule has 5 nitrogen and oxygen atoms in total. The van der Waals surface area contributed by atoms with Crippen LogP contribution in [-0.4, -0.2) is 22.7 Å². The van der Waals surface area contributed by atoms with Crippen LogP contribution in [0.3, 0.4) is 0 Å². The summed E-state index contributed by atoms with van der Waals surface area (Å²) in [5, 5.41) is 9.50. The molecule has 2 aromatic carbocycles. The number of benzene rings is 2. The van der Waals surface area contributed by atoms with Gasteiger partial charge in [-0.1, -0.05) is 36.2 Å². The van der Waals surface area contributed by atoms with Gasteiger partial charge in [0.15, 0.2) is 0 Å². The lowest BCUT2D eigenvalue weighted by atomic mass is 9.65. The van der Waals surface area contributed by atoms with E-state index >= 15 is 0 Å². The lowest BCUT2D eigenvalue weighted by Crippen LogP contribution is -2.39. The minimum Gasteiger partial charge on any atom is -0.493 e. The van der Waals surface area contributed by atoms with E-state index in [9.17, 15) is 9.90 Å². The highest BCUT2D eigenvalue weighted by molar-refractivity contribution is 5.76. The molecule has 156 valence electrons. The number of aliphatic carboxylic acids is 1. The van der Waals surface area contributed by atoms with Gasteiger partial charge in [-0.25, -0.2) is 4.98 Å². The van der Waals surface area contributed by atoms with Gasteiger partial charge in [0.1, 0.15) is 11.5 Å². The largest absolute Gasteiger partial charge is 0.493 e. The predicted molar refractivity (Wildman–Crippen MR) is 115 cm³/mol. The molecule has 30 heavy (non-hydrogen) atoms. The molecule has 1 saturated carbocycles. The Labute approximate surface area is 176 Å². The topological polar surface area (TPSA) is 72.6 Å². The summed E-state index contributed by atoms with van der Waals surface area (Å²) in [5.74, 6) is 1.54. The second-order valence-corrected chi connectivity index (χ2v) is 8.25. The average molecular weight is 405 g/mol. The molecule has 3 aromatic rings. The van der Waals surface area contributed by atoms with Crippen molar-refractivity contribution < 1.29 is 19.1 Å². The normalized spacial score (nSPS) is 14.9. The first kappa shape index (κ1) is 20.2. The van der Waals surface area contributed by atoms with Gasteiger partial charge < -0.3 is 14.3 Å². The number of hydrogen-bond donors (Lipinski definition) is 1. The van der Waals surface area contributed by atoms with Crippen molar-refractivity contribution in [1.82, 2.24) is 4.98 Å². The van der Waals surface area contributed by atoms with E-state index in [1.165, 1.54) is 5.56 Å². The van der Waals surface area contributed by atoms with Crippen molar-refractivity contribution in [2.45, 2.75) is 46.0 Å². The standard InChI is InChI=1S/C25H27NO4/c1-17-5-3-6-20(15-17)23-26-22(18(2)30-23)11-14-29-21-9-7-19(8-10-21)16-25(24(27)28)12-4-13-25/h3,5-10,15H,4,11-14,16H2,1-2H3,(H,27,28). The number of aryl methyl sites for hydroxylation is 2. The third kappa shape index (κ3) is 4.25. The van der Waals surface area contributed by atoms with Crippen LogP contribution < -0.4 is 4.74 Å². The van der Waals surface area contributed by atoms with Crippen molar-refractivity contribution in [2.75, 3.05) is 6.61 Å². The van der Waals surface area contributed by atoms with Crippen molar-refractivity contribution in [3.8, 4) is 17.2 Å². The van der Waals surface area contributed by atoms with Crippen LogP contribution in [-0.2, 0) is 17.6 Å². The molecule has 0 spiro atoms. The molecule has 1 aliphatic carbocycles. The van der Waals surface area contributed by atoms with Crippen molar-refractivity contribution in [1.29, 1.82) is 0 Å². The summed E-state index contributed by atoms with van der Waals surface area (Å²) in [6.45, 7) is 4.47. The molecule has 0 aliphatic heterocycles. The van der Waals surface area contributed by atoms with Gasteiger partial charge in [-0.3, -0.25) is 4.79 Å². The van der Waals surface area contributed by atoms with Crippen LogP contribution >= 0.6 is 0 Å². The third-order valence-corrected chi connectivity index (χ3v) is 6.00. The highest BCUT2D eigenvalue weighted by atomic mass is 16.5. The van der Waals surface area contributed by atoms with Gasteiger partial charge in [-0.15, -0.1) is 0 Å². The molecule has 0 saturated heterocycles. The number of ether oxygens (including phenoxy) is 1. The molecular formula is C25H27NO4. The second-order valence-electron chi connectivity index (χ2n) is 8.25. The molecule has 1 heterocycles. The Morgan fingerprint density at radius 3 is 2.57 bits per heavy atom. The van der Waals surface area contributed by atoms with E-state index in [4.69, 9.17) is 9.15 Å². The monoisotopic (exact) mass is 405 g/mol. The first-order chi connectivity index (χ1) is 14.4. The van der Waals surface area contributed by atoms with E-state index < -0.39 is 11.4 Å². The quantitative estimate of drug-likeness (QED) is 0.545. The van der Waals surface area contributed by atoms with Crippen molar-refractivity contribution >= 4 is 5.97 Å². The number of carboxylic acids is 1. The highest BCUT2D eigenvalue weighted by Crippen LogP contribution is 2.44. The minimum atomic E-state index is -0.679. The zero-order valence-electron chi connectivity index (χ0n) is 17.5. The molecule has 5 heteroatoms. The number of rotatable bonds is 8. The Hall–Kier alpha value is -3.08. The first-order valence-electron chi connectivity index (χ1n) is 10.4. The molecule has 0 amide bonds. The van der Waals surface area contributed by atoms with E-state index in [1.54, 1.807) is 0 Å². The Balaban J connectivity index is 1.33. The molecule has 0 radical (unpaired) electrons. The second kappa shape index (κ2) is 8.34. The van der Waals surface area contributed by atoms with Gasteiger partial charge in [0.2, 0.25) is 5.89 Å². The minimum absolute atomic E-state index is 0.499. The maximum atomic E-state index is 11.5. The van der Waals surface area contributed by atoms with Gasteiger partial charge in [0, 0.05) is 12.0 Å². The number of carbonyl (C=O) groups is 1. The Bertz CT molecular complexity index is 1030. The van der Waals surface area contributed by atoms with Crippen molar-refractivity contribution in [3.05, 3.63) is 71.1 Å². The van der Waals surface area contributed by atoms with Crippen molar-refractivity contribution in [2.24, 2.45) is 5.41 Å². The highest BCUT2D eigenvalue weighted by Gasteiger charge is 2.44. The zero-order chi connectivity index (χ0) is 21.1. The van der Waals surface area contributed by atoms with Crippen LogP contribution in [0.4, 0.5) is 0 Å². The molecule has 4 rings (SSSR count). The smallest absolute Gasteiger partial charge is 0.309 e. The van der Waals surface area contributed by atoms with E-state index in [0.717, 1.165) is 47.6 Å². The average Bonchev–Trinajstić information content (AvgIpc) is 3.06. The summed E-state index contributed by atoms with van der Waals surface area (Å²) in [6.07, 6.45) is 3.78. The van der Waals surface area contributed by atoms with Crippen LogP contribution in [0, 0.1) is 19.3 Å². The number of hydrogen-bond acceptors (Lipinski definition) is 4. The van der Waals surface area contributed by atoms with Crippen LogP contribution in [0.15, 0.2) is 52.9 Å². The van der Waals surface area contributed by atoms with E-state index in [1.807, 2.05) is 56.3 Å². The first-order valence-corrected chi connectivity index (χ1v) is 10.4. The molecule has 1 fully saturated rings. The molecular weight excluding hydrogens is 378 g/mol. The summed E-state index contributed by atoms with van der Waals surface area (Å²) in [7, 11) is 0. The van der Waals surface area contributed by atoms with Crippen LogP contribution in [0.2, 0.25) is 0 Å². The number of oxazole rings is 1.